The number of carbonyl (C=O) groups excluding carboxylic acids is 11. The van der Waals surface area contributed by atoms with Crippen molar-refractivity contribution in [2.24, 2.45) is 35.3 Å². The van der Waals surface area contributed by atoms with Gasteiger partial charge in [0.25, 0.3) is 5.91 Å². The van der Waals surface area contributed by atoms with Crippen LogP contribution in [0.25, 0.3) is 0 Å². The first kappa shape index (κ1) is 68.3. The zero-order chi connectivity index (χ0) is 59.4. The molecule has 10 amide bonds. The molecule has 434 valence electrons. The topological polar surface area (TPSA) is 293 Å². The molecule has 23 heteroatoms. The Balaban J connectivity index is 4.41. The minimum Gasteiger partial charge on any atom is -0.390 e. The van der Waals surface area contributed by atoms with Crippen LogP contribution in [0.3, 0.4) is 0 Å². The monoisotopic (exact) mass is 1080 g/mol. The highest BCUT2D eigenvalue weighted by atomic mass is 16.3. The Morgan fingerprint density at radius 1 is 0.539 bits per heavy atom. The molecule has 0 bridgehead atoms. The van der Waals surface area contributed by atoms with Crippen molar-refractivity contribution < 1.29 is 57.8 Å². The van der Waals surface area contributed by atoms with E-state index in [2.05, 4.69) is 16.0 Å². The third-order valence-corrected chi connectivity index (χ3v) is 14.6. The van der Waals surface area contributed by atoms with Crippen LogP contribution in [0.5, 0.6) is 0 Å². The summed E-state index contributed by atoms with van der Waals surface area (Å²) in [6.07, 6.45) is -1.31. The summed E-state index contributed by atoms with van der Waals surface area (Å²) < 4.78 is 0. The number of aliphatic hydroxyl groups is 1. The number of nitrogens with zero attached hydrogens (tertiary/aromatic N) is 7. The SMILES string of the molecule is CCC(N)C(=O)N(C)[C@H]1C(=O)[C@H]([C@H](O)C(C)C)N(C)C(=O)[C@H](C(C)C)N(C)C(=O)[C@H](CC(C)C)N(C)C(=O)[C@H](CC(C)C)N(C)C(=O)[C@@H](C)NC(=O)[C@H](C)NC(=O)[C@H](C)N(C)C(=O)[C@H](C(C)C)NC(=O)[C@H](C)N(C)C1=O. The van der Waals surface area contributed by atoms with Gasteiger partial charge in [0.1, 0.15) is 54.4 Å². The second-order valence-corrected chi connectivity index (χ2v) is 22.7. The van der Waals surface area contributed by atoms with E-state index in [0.717, 1.165) is 19.6 Å². The Labute approximate surface area is 452 Å². The van der Waals surface area contributed by atoms with Gasteiger partial charge in [0.2, 0.25) is 53.2 Å². The molecule has 1 aliphatic rings. The lowest BCUT2D eigenvalue weighted by molar-refractivity contribution is -0.160. The summed E-state index contributed by atoms with van der Waals surface area (Å²) in [6, 6.07) is -15.2. The fraction of sp³-hybridized carbons (Fsp3) is 0.792. The number of carbonyl (C=O) groups is 11. The van der Waals surface area contributed by atoms with Crippen molar-refractivity contribution in [2.45, 2.75) is 196 Å². The molecule has 0 spiro atoms. The summed E-state index contributed by atoms with van der Waals surface area (Å²) in [4.78, 5) is 166. The highest BCUT2D eigenvalue weighted by Gasteiger charge is 2.49. The molecule has 1 fully saturated rings. The van der Waals surface area contributed by atoms with Crippen LogP contribution in [0.4, 0.5) is 0 Å². The summed E-state index contributed by atoms with van der Waals surface area (Å²) in [7, 11) is 9.19. The zero-order valence-electron chi connectivity index (χ0n) is 49.6. The number of hydrogen-bond acceptors (Lipinski definition) is 13. The maximum absolute atomic E-state index is 15.3. The lowest BCUT2D eigenvalue weighted by atomic mass is 9.89. The quantitative estimate of drug-likeness (QED) is 0.171. The first-order valence-electron chi connectivity index (χ1n) is 26.6. The van der Waals surface area contributed by atoms with E-state index in [1.54, 1.807) is 48.5 Å². The van der Waals surface area contributed by atoms with E-state index in [4.69, 9.17) is 5.73 Å². The van der Waals surface area contributed by atoms with Gasteiger partial charge < -0.3 is 61.1 Å². The Morgan fingerprint density at radius 3 is 1.37 bits per heavy atom. The van der Waals surface area contributed by atoms with E-state index < -0.39 is 155 Å². The van der Waals surface area contributed by atoms with Crippen LogP contribution in [-0.4, -0.2) is 226 Å². The lowest BCUT2D eigenvalue weighted by Gasteiger charge is -2.42. The van der Waals surface area contributed by atoms with Crippen molar-refractivity contribution in [3.8, 4) is 0 Å². The Bertz CT molecular complexity index is 2100. The molecule has 1 rings (SSSR count). The molecule has 1 heterocycles. The molecule has 23 nitrogen and oxygen atoms in total. The Hall–Kier alpha value is -5.71. The average molecular weight is 1080 g/mol. The molecule has 12 atom stereocenters. The van der Waals surface area contributed by atoms with Gasteiger partial charge in [0.15, 0.2) is 11.8 Å². The molecule has 0 radical (unpaired) electrons. The summed E-state index contributed by atoms with van der Waals surface area (Å²) >= 11 is 0. The van der Waals surface area contributed by atoms with Gasteiger partial charge in [-0.05, 0) is 76.5 Å². The van der Waals surface area contributed by atoms with Crippen LogP contribution < -0.4 is 21.7 Å². The highest BCUT2D eigenvalue weighted by Crippen LogP contribution is 2.26. The Kier molecular flexibility index (Phi) is 26.2. The van der Waals surface area contributed by atoms with Crippen LogP contribution in [-0.2, 0) is 52.7 Å². The van der Waals surface area contributed by atoms with Gasteiger partial charge in [0, 0.05) is 49.3 Å². The largest absolute Gasteiger partial charge is 0.390 e. The number of likely N-dealkylation sites (N-methyl/N-ethyl adjacent to an activating group) is 7. The van der Waals surface area contributed by atoms with E-state index in [1.807, 2.05) is 27.7 Å². The van der Waals surface area contributed by atoms with Crippen molar-refractivity contribution in [1.29, 1.82) is 0 Å². The van der Waals surface area contributed by atoms with Gasteiger partial charge in [-0.25, -0.2) is 0 Å². The minimum atomic E-state index is -2.09. The third kappa shape index (κ3) is 16.6. The van der Waals surface area contributed by atoms with Crippen molar-refractivity contribution in [2.75, 3.05) is 49.3 Å². The Morgan fingerprint density at radius 2 is 0.947 bits per heavy atom. The lowest BCUT2D eigenvalue weighted by Crippen LogP contribution is -2.66. The number of nitrogens with two attached hydrogens (primary N) is 1. The number of ketones is 1. The molecule has 76 heavy (non-hydrogen) atoms. The van der Waals surface area contributed by atoms with Gasteiger partial charge >= 0.3 is 0 Å². The van der Waals surface area contributed by atoms with Crippen LogP contribution in [0.15, 0.2) is 0 Å². The molecule has 0 aromatic carbocycles. The van der Waals surface area contributed by atoms with Crippen LogP contribution in [0.1, 0.15) is 123 Å². The van der Waals surface area contributed by atoms with Gasteiger partial charge in [-0.15, -0.1) is 0 Å². The maximum Gasteiger partial charge on any atom is 0.253 e. The molecule has 1 aliphatic heterocycles. The number of amides is 10. The molecule has 1 unspecified atom stereocenters. The van der Waals surface area contributed by atoms with E-state index in [-0.39, 0.29) is 31.1 Å². The van der Waals surface area contributed by atoms with Gasteiger partial charge in [0.05, 0.1) is 12.1 Å². The number of hydrogen-bond donors (Lipinski definition) is 5. The normalized spacial score (nSPS) is 27.8. The molecular formula is C53H95N11O12. The third-order valence-electron chi connectivity index (χ3n) is 14.6. The zero-order valence-corrected chi connectivity index (χ0v) is 49.6. The van der Waals surface area contributed by atoms with Gasteiger partial charge in [-0.3, -0.25) is 52.7 Å². The molecule has 6 N–H and O–H groups in total. The van der Waals surface area contributed by atoms with E-state index in [0.29, 0.717) is 0 Å². The van der Waals surface area contributed by atoms with Crippen molar-refractivity contribution in [3.05, 3.63) is 0 Å². The number of rotatable bonds is 11. The fourth-order valence-electron chi connectivity index (χ4n) is 9.09. The molecule has 1 saturated heterocycles. The van der Waals surface area contributed by atoms with Crippen molar-refractivity contribution in [3.63, 3.8) is 0 Å². The van der Waals surface area contributed by atoms with Crippen LogP contribution in [0.2, 0.25) is 0 Å². The average Bonchev–Trinajstić information content (AvgIpc) is 3.34. The maximum atomic E-state index is 15.3. The molecule has 0 aromatic heterocycles. The molecule has 0 aliphatic carbocycles. The second kappa shape index (κ2) is 29.1. The molecule has 0 aromatic rings. The van der Waals surface area contributed by atoms with E-state index in [1.165, 1.54) is 91.7 Å². The van der Waals surface area contributed by atoms with Crippen LogP contribution >= 0.6 is 0 Å². The predicted octanol–water partition coefficient (Wildman–Crippen LogP) is 0.0505. The van der Waals surface area contributed by atoms with Crippen LogP contribution in [0, 0.1) is 29.6 Å². The second-order valence-electron chi connectivity index (χ2n) is 22.7. The van der Waals surface area contributed by atoms with Crippen molar-refractivity contribution >= 4 is 64.9 Å². The summed E-state index contributed by atoms with van der Waals surface area (Å²) in [5.41, 5.74) is 6.18. The molecule has 0 saturated carbocycles. The van der Waals surface area contributed by atoms with Gasteiger partial charge in [-0.2, -0.15) is 0 Å². The van der Waals surface area contributed by atoms with Gasteiger partial charge in [-0.1, -0.05) is 76.2 Å². The first-order chi connectivity index (χ1) is 34.8. The first-order valence-corrected chi connectivity index (χ1v) is 26.6. The summed E-state index contributed by atoms with van der Waals surface area (Å²) in [5.74, 6) is -11.2. The van der Waals surface area contributed by atoms with E-state index in [9.17, 15) is 43.5 Å². The minimum absolute atomic E-state index is 0.0957. The summed E-state index contributed by atoms with van der Waals surface area (Å²) in [5, 5.41) is 19.8. The molecular weight excluding hydrogens is 983 g/mol. The number of aliphatic hydroxyl groups excluding tert-OH is 1. The smallest absolute Gasteiger partial charge is 0.253 e. The number of Topliss-reactive ketones (excluding diaryl/α,β-unsaturated/α-hetero) is 1. The predicted molar refractivity (Wildman–Crippen MR) is 287 cm³/mol. The standard InChI is InChI=1S/C53H95N11O12/c1-23-35(54)48(71)64(22)41-43(66)40(42(65)30(10)11)63(21)52(75)39(29(8)9)62(20)50(73)37(25-27(4)5)61(19)49(72)36(24-26(2)3)60(18)47(70)32(13)56-44(67)31(12)55-45(68)33(14)58(16)51(74)38(28(6)7)57-46(69)34(15)59(17)53(41)76/h26-42,65H,23-25,54H2,1-22H3,(H,55,68)(H,56,67)(H,57,69)/t31-,32+,33-,34-,35?,36-,37-,38-,39-,40-,41-,42+/m0/s1. The van der Waals surface area contributed by atoms with E-state index >= 15 is 14.4 Å². The van der Waals surface area contributed by atoms with Crippen molar-refractivity contribution in [1.82, 2.24) is 50.2 Å². The highest BCUT2D eigenvalue weighted by molar-refractivity contribution is 6.12. The number of nitrogens with one attached hydrogen (secondary N) is 3. The fourth-order valence-corrected chi connectivity index (χ4v) is 9.09. The summed E-state index contributed by atoms with van der Waals surface area (Å²) in [6.45, 7) is 24.4.